The molecule has 2 heterocycles. The number of fused-ring (bicyclic) bond motifs is 1. The second kappa shape index (κ2) is 19.3. The van der Waals surface area contributed by atoms with E-state index >= 15 is 0 Å². The van der Waals surface area contributed by atoms with Crippen molar-refractivity contribution >= 4 is 29.6 Å². The van der Waals surface area contributed by atoms with E-state index in [-0.39, 0.29) is 62.9 Å². The van der Waals surface area contributed by atoms with Gasteiger partial charge in [0, 0.05) is 44.8 Å². The molecule has 54 heavy (non-hydrogen) atoms. The largest absolute Gasteiger partial charge is 0.444 e. The number of amides is 4. The molecule has 2 aliphatic rings. The summed E-state index contributed by atoms with van der Waals surface area (Å²) in [6.45, 7) is 9.84. The quantitative estimate of drug-likeness (QED) is 0.132. The Balaban J connectivity index is 1.42. The molecule has 2 aromatic carbocycles. The summed E-state index contributed by atoms with van der Waals surface area (Å²) >= 11 is 0. The topological polar surface area (TPSA) is 210 Å². The highest BCUT2D eigenvalue weighted by Gasteiger charge is 2.54. The number of ketones is 2. The molecule has 296 valence electrons. The van der Waals surface area contributed by atoms with Crippen molar-refractivity contribution < 1.29 is 42.9 Å². The zero-order valence-corrected chi connectivity index (χ0v) is 32.1. The Morgan fingerprint density at radius 3 is 2.15 bits per heavy atom. The number of rotatable bonds is 19. The van der Waals surface area contributed by atoms with E-state index in [1.54, 1.807) is 20.8 Å². The summed E-state index contributed by atoms with van der Waals surface area (Å²) in [5.41, 5.74) is 13.2. The van der Waals surface area contributed by atoms with Crippen molar-refractivity contribution in [2.75, 3.05) is 19.6 Å². The molecule has 0 aliphatic carbocycles. The number of nitrogens with two attached hydrogens (primary N) is 2. The van der Waals surface area contributed by atoms with Crippen LogP contribution in [0.5, 0.6) is 0 Å². The van der Waals surface area contributed by atoms with Gasteiger partial charge in [0.15, 0.2) is 11.6 Å². The van der Waals surface area contributed by atoms with Gasteiger partial charge in [-0.1, -0.05) is 54.6 Å². The van der Waals surface area contributed by atoms with Crippen molar-refractivity contribution in [2.45, 2.75) is 121 Å². The number of ether oxygens (including phenoxy) is 4. The van der Waals surface area contributed by atoms with Crippen LogP contribution in [0.15, 0.2) is 54.6 Å². The number of urea groups is 1. The normalized spacial score (nSPS) is 21.4. The van der Waals surface area contributed by atoms with Crippen LogP contribution in [-0.4, -0.2) is 91.1 Å². The molecular weight excluding hydrogens is 694 g/mol. The Morgan fingerprint density at radius 1 is 0.870 bits per heavy atom. The van der Waals surface area contributed by atoms with E-state index in [0.717, 1.165) is 16.7 Å². The SMILES string of the molecule is CC(C)(C)OC(=O)NCCc1ccc(CC(=O)C(CCCNC(N)=O)NC(=O)[C@H](CC(=O)C[C@@H]2O[C@H](CN)C3OC(C)(C)OC32)Cc2ccccc2)cc1. The van der Waals surface area contributed by atoms with Crippen LogP contribution in [0.2, 0.25) is 0 Å². The highest BCUT2D eigenvalue weighted by atomic mass is 16.8. The van der Waals surface area contributed by atoms with Gasteiger partial charge in [0.25, 0.3) is 0 Å². The molecule has 4 amide bonds. The van der Waals surface area contributed by atoms with E-state index in [1.165, 1.54) is 0 Å². The molecule has 2 saturated heterocycles. The fourth-order valence-electron chi connectivity index (χ4n) is 6.76. The minimum Gasteiger partial charge on any atom is -0.444 e. The molecule has 4 rings (SSSR count). The summed E-state index contributed by atoms with van der Waals surface area (Å²) in [5.74, 6) is -2.43. The highest BCUT2D eigenvalue weighted by Crippen LogP contribution is 2.39. The highest BCUT2D eigenvalue weighted by molar-refractivity contribution is 5.93. The molecular formula is C40H57N5O9. The first kappa shape index (κ1) is 42.4. The molecule has 14 heteroatoms. The summed E-state index contributed by atoms with van der Waals surface area (Å²) in [5, 5.41) is 8.21. The molecule has 2 fully saturated rings. The zero-order valence-electron chi connectivity index (χ0n) is 32.1. The van der Waals surface area contributed by atoms with Crippen LogP contribution in [0, 0.1) is 5.92 Å². The summed E-state index contributed by atoms with van der Waals surface area (Å²) in [7, 11) is 0. The molecule has 7 N–H and O–H groups in total. The van der Waals surface area contributed by atoms with Gasteiger partial charge in [-0.2, -0.15) is 0 Å². The van der Waals surface area contributed by atoms with Gasteiger partial charge in [0.2, 0.25) is 5.91 Å². The van der Waals surface area contributed by atoms with Crippen molar-refractivity contribution in [3.8, 4) is 0 Å². The number of hydrogen-bond donors (Lipinski definition) is 5. The van der Waals surface area contributed by atoms with Gasteiger partial charge < -0.3 is 46.4 Å². The Labute approximate surface area is 317 Å². The van der Waals surface area contributed by atoms with Crippen LogP contribution in [0.1, 0.15) is 77.0 Å². The second-order valence-electron chi connectivity index (χ2n) is 15.5. The fraction of sp³-hybridized carbons (Fsp3) is 0.575. The number of benzene rings is 2. The van der Waals surface area contributed by atoms with Gasteiger partial charge in [0.1, 0.15) is 23.6 Å². The number of carbonyl (C=O) groups excluding carboxylic acids is 5. The molecule has 0 aromatic heterocycles. The lowest BCUT2D eigenvalue weighted by Crippen LogP contribution is -2.45. The maximum atomic E-state index is 14.0. The third kappa shape index (κ3) is 13.5. The van der Waals surface area contributed by atoms with Crippen LogP contribution < -0.4 is 27.4 Å². The summed E-state index contributed by atoms with van der Waals surface area (Å²) in [6, 6.07) is 15.3. The number of Topliss-reactive ketones (excluding diaryl/α,β-unsaturated/α-hetero) is 2. The van der Waals surface area contributed by atoms with Crippen LogP contribution in [-0.2, 0) is 52.6 Å². The zero-order chi connectivity index (χ0) is 39.5. The lowest BCUT2D eigenvalue weighted by Gasteiger charge is -2.24. The first-order valence-corrected chi connectivity index (χ1v) is 18.7. The lowest BCUT2D eigenvalue weighted by atomic mass is 9.90. The Morgan fingerprint density at radius 2 is 1.52 bits per heavy atom. The molecule has 0 bridgehead atoms. The number of hydrogen-bond acceptors (Lipinski definition) is 10. The van der Waals surface area contributed by atoms with Crippen molar-refractivity contribution in [3.63, 3.8) is 0 Å². The smallest absolute Gasteiger partial charge is 0.407 e. The van der Waals surface area contributed by atoms with Crippen LogP contribution in [0.4, 0.5) is 9.59 Å². The van der Waals surface area contributed by atoms with E-state index in [1.807, 2.05) is 68.4 Å². The van der Waals surface area contributed by atoms with E-state index < -0.39 is 59.7 Å². The van der Waals surface area contributed by atoms with Gasteiger partial charge in [-0.25, -0.2) is 9.59 Å². The molecule has 0 spiro atoms. The van der Waals surface area contributed by atoms with E-state index in [9.17, 15) is 24.0 Å². The number of carbonyl (C=O) groups is 5. The van der Waals surface area contributed by atoms with Crippen molar-refractivity contribution in [2.24, 2.45) is 17.4 Å². The maximum Gasteiger partial charge on any atom is 0.407 e. The average molecular weight is 752 g/mol. The Bertz CT molecular complexity index is 1580. The Hall–Kier alpha value is -4.37. The average Bonchev–Trinajstić information content (AvgIpc) is 3.58. The van der Waals surface area contributed by atoms with Gasteiger partial charge >= 0.3 is 12.1 Å². The maximum absolute atomic E-state index is 14.0. The number of nitrogens with one attached hydrogen (secondary N) is 3. The van der Waals surface area contributed by atoms with Crippen LogP contribution in [0.3, 0.4) is 0 Å². The molecule has 14 nitrogen and oxygen atoms in total. The lowest BCUT2D eigenvalue weighted by molar-refractivity contribution is -0.186. The first-order valence-electron chi connectivity index (χ1n) is 18.7. The predicted octanol–water partition coefficient (Wildman–Crippen LogP) is 3.25. The number of primary amides is 1. The Kier molecular flexibility index (Phi) is 15.1. The van der Waals surface area contributed by atoms with Gasteiger partial charge in [0.05, 0.1) is 18.2 Å². The van der Waals surface area contributed by atoms with Crippen LogP contribution >= 0.6 is 0 Å². The van der Waals surface area contributed by atoms with Gasteiger partial charge in [-0.05, 0) is 77.0 Å². The van der Waals surface area contributed by atoms with E-state index in [2.05, 4.69) is 16.0 Å². The molecule has 0 saturated carbocycles. The first-order chi connectivity index (χ1) is 25.5. The van der Waals surface area contributed by atoms with E-state index in [0.29, 0.717) is 19.4 Å². The fourth-order valence-corrected chi connectivity index (χ4v) is 6.76. The molecule has 2 aliphatic heterocycles. The predicted molar refractivity (Wildman–Crippen MR) is 201 cm³/mol. The third-order valence-corrected chi connectivity index (χ3v) is 9.23. The molecule has 3 unspecified atom stereocenters. The summed E-state index contributed by atoms with van der Waals surface area (Å²) in [6.07, 6.45) is -0.849. The molecule has 0 radical (unpaired) electrons. The van der Waals surface area contributed by atoms with E-state index in [4.69, 9.17) is 30.4 Å². The van der Waals surface area contributed by atoms with Crippen molar-refractivity contribution in [3.05, 3.63) is 71.3 Å². The standard InChI is InChI=1S/C40H57N5O9/c1-39(2,3)54-38(50)44-19-17-25-13-15-27(16-14-25)21-31(47)30(12-9-18-43-37(42)49)45-36(48)28(20-26-10-7-6-8-11-26)22-29(46)23-32-34-35(33(24-41)51-32)53-40(4,5)52-34/h6-8,10-11,13-16,28,30,32-35H,9,12,17-24,41H2,1-5H3,(H,44,50)(H,45,48)(H3,42,43,49)/t28-,30?,32-,33+,34?,35?/m0/s1. The summed E-state index contributed by atoms with van der Waals surface area (Å²) < 4.78 is 23.4. The van der Waals surface area contributed by atoms with Crippen molar-refractivity contribution in [1.82, 2.24) is 16.0 Å². The molecule has 2 aromatic rings. The monoisotopic (exact) mass is 751 g/mol. The van der Waals surface area contributed by atoms with Gasteiger partial charge in [-0.3, -0.25) is 14.4 Å². The minimum absolute atomic E-state index is 0.0177. The third-order valence-electron chi connectivity index (χ3n) is 9.23. The van der Waals surface area contributed by atoms with Crippen LogP contribution in [0.25, 0.3) is 0 Å². The minimum atomic E-state index is -0.881. The second-order valence-corrected chi connectivity index (χ2v) is 15.5. The summed E-state index contributed by atoms with van der Waals surface area (Å²) in [4.78, 5) is 64.7. The van der Waals surface area contributed by atoms with Crippen molar-refractivity contribution in [1.29, 1.82) is 0 Å². The molecule has 6 atom stereocenters. The number of alkyl carbamates (subject to hydrolysis) is 1. The van der Waals surface area contributed by atoms with Gasteiger partial charge in [-0.15, -0.1) is 0 Å².